The zero-order valence-corrected chi connectivity index (χ0v) is 11.6. The van der Waals surface area contributed by atoms with Crippen LogP contribution in [0.4, 0.5) is 0 Å². The van der Waals surface area contributed by atoms with Crippen molar-refractivity contribution in [2.24, 2.45) is 0 Å². The van der Waals surface area contributed by atoms with E-state index in [9.17, 15) is 0 Å². The van der Waals surface area contributed by atoms with Crippen molar-refractivity contribution >= 4 is 0 Å². The molecule has 3 heteroatoms. The second-order valence-electron chi connectivity index (χ2n) is 4.98. The molecular weight excluding hydrogens is 226 g/mol. The SMILES string of the molecule is CC(O)CCCNCc1ccc(OC(C)C)cc1. The molecule has 18 heavy (non-hydrogen) atoms. The smallest absolute Gasteiger partial charge is 0.119 e. The highest BCUT2D eigenvalue weighted by atomic mass is 16.5. The van der Waals surface area contributed by atoms with Crippen LogP contribution in [0.3, 0.4) is 0 Å². The second-order valence-corrected chi connectivity index (χ2v) is 4.98. The highest BCUT2D eigenvalue weighted by molar-refractivity contribution is 5.27. The molecule has 2 N–H and O–H groups in total. The van der Waals surface area contributed by atoms with Crippen molar-refractivity contribution in [1.82, 2.24) is 5.32 Å². The standard InChI is InChI=1S/C15H25NO2/c1-12(2)18-15-8-6-14(7-9-15)11-16-10-4-5-13(3)17/h6-9,12-13,16-17H,4-5,10-11H2,1-3H3. The second kappa shape index (κ2) is 8.11. The van der Waals surface area contributed by atoms with Gasteiger partial charge in [0.05, 0.1) is 12.2 Å². The highest BCUT2D eigenvalue weighted by Crippen LogP contribution is 2.13. The molecule has 0 aromatic heterocycles. The van der Waals surface area contributed by atoms with E-state index >= 15 is 0 Å². The lowest BCUT2D eigenvalue weighted by Gasteiger charge is -2.10. The lowest BCUT2D eigenvalue weighted by molar-refractivity contribution is 0.181. The molecule has 0 amide bonds. The van der Waals surface area contributed by atoms with Crippen LogP contribution in [-0.2, 0) is 6.54 Å². The minimum absolute atomic E-state index is 0.195. The average Bonchev–Trinajstić information content (AvgIpc) is 2.30. The summed E-state index contributed by atoms with van der Waals surface area (Å²) in [6.45, 7) is 7.68. The molecular formula is C15H25NO2. The number of hydrogen-bond donors (Lipinski definition) is 2. The van der Waals surface area contributed by atoms with E-state index in [1.165, 1.54) is 5.56 Å². The predicted octanol–water partition coefficient (Wildman–Crippen LogP) is 2.72. The van der Waals surface area contributed by atoms with Gasteiger partial charge in [0.1, 0.15) is 5.75 Å². The summed E-state index contributed by atoms with van der Waals surface area (Å²) >= 11 is 0. The van der Waals surface area contributed by atoms with E-state index in [4.69, 9.17) is 9.84 Å². The molecule has 1 rings (SSSR count). The Kier molecular flexibility index (Phi) is 6.76. The number of benzene rings is 1. The molecule has 1 aromatic rings. The number of aliphatic hydroxyl groups excluding tert-OH is 1. The van der Waals surface area contributed by atoms with Crippen LogP contribution in [0.25, 0.3) is 0 Å². The number of rotatable bonds is 8. The lowest BCUT2D eigenvalue weighted by atomic mass is 10.2. The van der Waals surface area contributed by atoms with Gasteiger partial charge in [0, 0.05) is 6.54 Å². The molecule has 0 aliphatic heterocycles. The van der Waals surface area contributed by atoms with Gasteiger partial charge in [0.25, 0.3) is 0 Å². The molecule has 0 saturated carbocycles. The van der Waals surface area contributed by atoms with Gasteiger partial charge in [-0.1, -0.05) is 12.1 Å². The van der Waals surface area contributed by atoms with Gasteiger partial charge in [-0.25, -0.2) is 0 Å². The Labute approximate surface area is 110 Å². The van der Waals surface area contributed by atoms with Gasteiger partial charge in [0.2, 0.25) is 0 Å². The minimum Gasteiger partial charge on any atom is -0.491 e. The van der Waals surface area contributed by atoms with Crippen LogP contribution >= 0.6 is 0 Å². The maximum Gasteiger partial charge on any atom is 0.119 e. The molecule has 1 atom stereocenters. The first kappa shape index (κ1) is 15.0. The van der Waals surface area contributed by atoms with Crippen molar-refractivity contribution in [3.8, 4) is 5.75 Å². The van der Waals surface area contributed by atoms with Crippen molar-refractivity contribution in [1.29, 1.82) is 0 Å². The predicted molar refractivity (Wildman–Crippen MR) is 74.8 cm³/mol. The van der Waals surface area contributed by atoms with Crippen molar-refractivity contribution in [2.45, 2.75) is 52.4 Å². The van der Waals surface area contributed by atoms with Gasteiger partial charge < -0.3 is 15.2 Å². The lowest BCUT2D eigenvalue weighted by Crippen LogP contribution is -2.16. The molecule has 0 saturated heterocycles. The van der Waals surface area contributed by atoms with Crippen LogP contribution in [0.15, 0.2) is 24.3 Å². The first-order valence-electron chi connectivity index (χ1n) is 6.72. The molecule has 0 spiro atoms. The van der Waals surface area contributed by atoms with Crippen molar-refractivity contribution in [2.75, 3.05) is 6.54 Å². The van der Waals surface area contributed by atoms with E-state index in [-0.39, 0.29) is 12.2 Å². The van der Waals surface area contributed by atoms with E-state index in [1.807, 2.05) is 32.9 Å². The highest BCUT2D eigenvalue weighted by Gasteiger charge is 1.98. The minimum atomic E-state index is -0.195. The van der Waals surface area contributed by atoms with Gasteiger partial charge in [-0.15, -0.1) is 0 Å². The van der Waals surface area contributed by atoms with Crippen LogP contribution in [-0.4, -0.2) is 23.9 Å². The third-order valence-electron chi connectivity index (χ3n) is 2.60. The maximum absolute atomic E-state index is 9.13. The molecule has 3 nitrogen and oxygen atoms in total. The molecule has 0 bridgehead atoms. The quantitative estimate of drug-likeness (QED) is 0.698. The molecule has 1 unspecified atom stereocenters. The van der Waals surface area contributed by atoms with Gasteiger partial charge in [-0.3, -0.25) is 0 Å². The largest absolute Gasteiger partial charge is 0.491 e. The number of aliphatic hydroxyl groups is 1. The third kappa shape index (κ3) is 6.62. The van der Waals surface area contributed by atoms with Crippen LogP contribution < -0.4 is 10.1 Å². The summed E-state index contributed by atoms with van der Waals surface area (Å²) in [5.74, 6) is 0.919. The van der Waals surface area contributed by atoms with E-state index in [2.05, 4.69) is 17.4 Å². The normalized spacial score (nSPS) is 12.7. The van der Waals surface area contributed by atoms with Gasteiger partial charge in [-0.05, 0) is 57.9 Å². The first-order valence-corrected chi connectivity index (χ1v) is 6.72. The Morgan fingerprint density at radius 3 is 2.39 bits per heavy atom. The van der Waals surface area contributed by atoms with Gasteiger partial charge >= 0.3 is 0 Å². The Morgan fingerprint density at radius 2 is 1.83 bits per heavy atom. The number of ether oxygens (including phenoxy) is 1. The van der Waals surface area contributed by atoms with E-state index < -0.39 is 0 Å². The Morgan fingerprint density at radius 1 is 1.17 bits per heavy atom. The summed E-state index contributed by atoms with van der Waals surface area (Å²) < 4.78 is 5.59. The van der Waals surface area contributed by atoms with Gasteiger partial charge in [-0.2, -0.15) is 0 Å². The van der Waals surface area contributed by atoms with E-state index in [0.29, 0.717) is 0 Å². The first-order chi connectivity index (χ1) is 8.58. The van der Waals surface area contributed by atoms with Crippen LogP contribution in [0.2, 0.25) is 0 Å². The zero-order valence-electron chi connectivity index (χ0n) is 11.6. The van der Waals surface area contributed by atoms with Crippen molar-refractivity contribution in [3.05, 3.63) is 29.8 Å². The molecule has 0 fully saturated rings. The fourth-order valence-corrected chi connectivity index (χ4v) is 1.71. The van der Waals surface area contributed by atoms with Crippen molar-refractivity contribution in [3.63, 3.8) is 0 Å². The maximum atomic E-state index is 9.13. The fraction of sp³-hybridized carbons (Fsp3) is 0.600. The fourth-order valence-electron chi connectivity index (χ4n) is 1.71. The topological polar surface area (TPSA) is 41.5 Å². The van der Waals surface area contributed by atoms with E-state index in [1.54, 1.807) is 0 Å². The van der Waals surface area contributed by atoms with Crippen LogP contribution in [0.1, 0.15) is 39.2 Å². The van der Waals surface area contributed by atoms with E-state index in [0.717, 1.165) is 31.7 Å². The molecule has 0 aliphatic rings. The number of nitrogens with one attached hydrogen (secondary N) is 1. The zero-order chi connectivity index (χ0) is 13.4. The monoisotopic (exact) mass is 251 g/mol. The number of hydrogen-bond acceptors (Lipinski definition) is 3. The summed E-state index contributed by atoms with van der Waals surface area (Å²) in [5.41, 5.74) is 1.25. The molecule has 0 heterocycles. The summed E-state index contributed by atoms with van der Waals surface area (Å²) in [4.78, 5) is 0. The Hall–Kier alpha value is -1.06. The molecule has 1 aromatic carbocycles. The molecule has 102 valence electrons. The molecule has 0 aliphatic carbocycles. The molecule has 0 radical (unpaired) electrons. The van der Waals surface area contributed by atoms with Crippen LogP contribution in [0, 0.1) is 0 Å². The summed E-state index contributed by atoms with van der Waals surface area (Å²) in [7, 11) is 0. The van der Waals surface area contributed by atoms with Crippen LogP contribution in [0.5, 0.6) is 5.75 Å². The Balaban J connectivity index is 2.22. The third-order valence-corrected chi connectivity index (χ3v) is 2.60. The summed E-state index contributed by atoms with van der Waals surface area (Å²) in [6.07, 6.45) is 1.88. The van der Waals surface area contributed by atoms with Crippen molar-refractivity contribution < 1.29 is 9.84 Å². The summed E-state index contributed by atoms with van der Waals surface area (Å²) in [6, 6.07) is 8.18. The average molecular weight is 251 g/mol. The Bertz CT molecular complexity index is 320. The summed E-state index contributed by atoms with van der Waals surface area (Å²) in [5, 5.41) is 12.5. The van der Waals surface area contributed by atoms with Gasteiger partial charge in [0.15, 0.2) is 0 Å².